The van der Waals surface area contributed by atoms with Crippen LogP contribution in [0, 0.1) is 22.7 Å². The molecule has 12 rings (SSSR count). The molecule has 1 aliphatic heterocycles. The van der Waals surface area contributed by atoms with Gasteiger partial charge in [-0.05, 0) is 113 Å². The molecule has 56 heavy (non-hydrogen) atoms. The standard InChI is InChI=1S/C49H26N6S/c50-27-29-13-18-42-34(23-29)35-24-30(28-51)14-19-43(35)54(42)31-16-20-44-36(25-31)33-7-1-3-11-41(33)55(44)32-15-17-38-46(26-32)56-45-12-4-2-8-37(45)49(38)39-9-5-21-52-47(39)48-40(49)10-6-22-53-48/h1-26H. The highest BCUT2D eigenvalue weighted by atomic mass is 32.2. The van der Waals surface area contributed by atoms with E-state index in [-0.39, 0.29) is 0 Å². The van der Waals surface area contributed by atoms with Gasteiger partial charge in [0.2, 0.25) is 0 Å². The van der Waals surface area contributed by atoms with Crippen LogP contribution in [0.15, 0.2) is 168 Å². The molecule has 4 aromatic heterocycles. The first-order valence-electron chi connectivity index (χ1n) is 18.4. The van der Waals surface area contributed by atoms with Crippen molar-refractivity contribution in [3.63, 3.8) is 0 Å². The Morgan fingerprint density at radius 2 is 0.964 bits per heavy atom. The van der Waals surface area contributed by atoms with Gasteiger partial charge < -0.3 is 9.13 Å². The fourth-order valence-corrected chi connectivity index (χ4v) is 10.7. The Morgan fingerprint density at radius 3 is 1.64 bits per heavy atom. The Kier molecular flexibility index (Phi) is 6.24. The highest BCUT2D eigenvalue weighted by Gasteiger charge is 2.51. The SMILES string of the molecule is N#Cc1ccc2c(c1)c1cc(C#N)ccc1n2-c1ccc2c(c1)c1ccccc1n2-c1ccc2c(c1)Sc1ccccc1C21c2cccnc2-c2ncccc21. The van der Waals surface area contributed by atoms with E-state index in [0.29, 0.717) is 11.1 Å². The Labute approximate surface area is 325 Å². The normalized spacial score (nSPS) is 13.4. The van der Waals surface area contributed by atoms with Crippen LogP contribution in [-0.2, 0) is 5.41 Å². The second kappa shape index (κ2) is 11.3. The van der Waals surface area contributed by atoms with Gasteiger partial charge in [-0.15, -0.1) is 0 Å². The van der Waals surface area contributed by atoms with Crippen molar-refractivity contribution in [2.75, 3.05) is 0 Å². The number of pyridine rings is 2. The number of hydrogen-bond acceptors (Lipinski definition) is 5. The molecule has 258 valence electrons. The molecule has 6 nitrogen and oxygen atoms in total. The molecule has 1 aliphatic carbocycles. The van der Waals surface area contributed by atoms with E-state index in [0.717, 1.165) is 77.5 Å². The van der Waals surface area contributed by atoms with Gasteiger partial charge in [0.15, 0.2) is 0 Å². The number of rotatable bonds is 2. The van der Waals surface area contributed by atoms with Gasteiger partial charge in [0.1, 0.15) is 0 Å². The number of fused-ring (bicyclic) bond motifs is 15. The van der Waals surface area contributed by atoms with E-state index in [9.17, 15) is 10.5 Å². The van der Waals surface area contributed by atoms with Crippen LogP contribution in [0.2, 0.25) is 0 Å². The maximum atomic E-state index is 9.73. The van der Waals surface area contributed by atoms with Gasteiger partial charge in [0, 0.05) is 55.1 Å². The maximum absolute atomic E-state index is 9.73. The summed E-state index contributed by atoms with van der Waals surface area (Å²) >= 11 is 1.83. The minimum Gasteiger partial charge on any atom is -0.309 e. The average Bonchev–Trinajstić information content (AvgIpc) is 3.87. The molecule has 0 N–H and O–H groups in total. The summed E-state index contributed by atoms with van der Waals surface area (Å²) in [4.78, 5) is 12.2. The summed E-state index contributed by atoms with van der Waals surface area (Å²) in [5.41, 5.74) is 13.6. The molecule has 0 amide bonds. The molecule has 1 spiro atoms. The summed E-state index contributed by atoms with van der Waals surface area (Å²) in [6.45, 7) is 0. The van der Waals surface area contributed by atoms with E-state index < -0.39 is 5.41 Å². The molecule has 5 heterocycles. The summed E-state index contributed by atoms with van der Waals surface area (Å²) < 4.78 is 4.62. The number of nitrogens with zero attached hydrogens (tertiary/aromatic N) is 6. The van der Waals surface area contributed by atoms with E-state index in [4.69, 9.17) is 9.97 Å². The third-order valence-corrected chi connectivity index (χ3v) is 12.9. The fourth-order valence-electron chi connectivity index (χ4n) is 9.51. The van der Waals surface area contributed by atoms with Crippen LogP contribution in [0.5, 0.6) is 0 Å². The molecule has 0 radical (unpaired) electrons. The molecule has 0 bridgehead atoms. The van der Waals surface area contributed by atoms with Crippen molar-refractivity contribution in [3.8, 4) is 34.9 Å². The summed E-state index contributed by atoms with van der Waals surface area (Å²) in [6, 6.07) is 55.7. The van der Waals surface area contributed by atoms with Gasteiger partial charge in [0.25, 0.3) is 0 Å². The highest BCUT2D eigenvalue weighted by molar-refractivity contribution is 7.99. The van der Waals surface area contributed by atoms with Crippen LogP contribution < -0.4 is 0 Å². The predicted octanol–water partition coefficient (Wildman–Crippen LogP) is 11.2. The Balaban J connectivity index is 1.09. The van der Waals surface area contributed by atoms with Gasteiger partial charge in [-0.2, -0.15) is 10.5 Å². The highest BCUT2D eigenvalue weighted by Crippen LogP contribution is 2.61. The van der Waals surface area contributed by atoms with Gasteiger partial charge in [-0.1, -0.05) is 66.4 Å². The van der Waals surface area contributed by atoms with E-state index in [2.05, 4.69) is 118 Å². The summed E-state index contributed by atoms with van der Waals surface area (Å²) in [7, 11) is 0. The average molecular weight is 731 g/mol. The second-order valence-corrected chi connectivity index (χ2v) is 15.5. The minimum absolute atomic E-state index is 0.539. The molecule has 10 aromatic rings. The lowest BCUT2D eigenvalue weighted by Gasteiger charge is -2.39. The number of aromatic nitrogens is 4. The van der Waals surface area contributed by atoms with Crippen molar-refractivity contribution in [3.05, 3.63) is 191 Å². The van der Waals surface area contributed by atoms with Crippen molar-refractivity contribution in [2.45, 2.75) is 15.2 Å². The van der Waals surface area contributed by atoms with E-state index in [1.54, 1.807) is 0 Å². The molecule has 0 saturated heterocycles. The first kappa shape index (κ1) is 31.0. The van der Waals surface area contributed by atoms with E-state index >= 15 is 0 Å². The Morgan fingerprint density at radius 1 is 0.446 bits per heavy atom. The van der Waals surface area contributed by atoms with Crippen molar-refractivity contribution < 1.29 is 0 Å². The minimum atomic E-state index is -0.539. The summed E-state index contributed by atoms with van der Waals surface area (Å²) in [5.74, 6) is 0. The lowest BCUT2D eigenvalue weighted by molar-refractivity contribution is 0.719. The number of hydrogen-bond donors (Lipinski definition) is 0. The lowest BCUT2D eigenvalue weighted by atomic mass is 9.67. The van der Waals surface area contributed by atoms with Crippen LogP contribution in [0.25, 0.3) is 66.4 Å². The predicted molar refractivity (Wildman–Crippen MR) is 222 cm³/mol. The first-order chi connectivity index (χ1) is 27.7. The van der Waals surface area contributed by atoms with Crippen molar-refractivity contribution >= 4 is 55.4 Å². The molecule has 0 unspecified atom stereocenters. The third kappa shape index (κ3) is 3.94. The largest absolute Gasteiger partial charge is 0.309 e. The van der Waals surface area contributed by atoms with Crippen molar-refractivity contribution in [1.82, 2.24) is 19.1 Å². The molecule has 0 fully saturated rings. The molecule has 2 aliphatic rings. The third-order valence-electron chi connectivity index (χ3n) is 11.7. The van der Waals surface area contributed by atoms with Gasteiger partial charge >= 0.3 is 0 Å². The van der Waals surface area contributed by atoms with Crippen LogP contribution in [0.3, 0.4) is 0 Å². The van der Waals surface area contributed by atoms with Crippen LogP contribution in [0.4, 0.5) is 0 Å². The van der Waals surface area contributed by atoms with E-state index in [1.165, 1.54) is 20.9 Å². The molecular weight excluding hydrogens is 705 g/mol. The topological polar surface area (TPSA) is 83.2 Å². The van der Waals surface area contributed by atoms with Gasteiger partial charge in [0.05, 0.1) is 62.1 Å². The van der Waals surface area contributed by atoms with Crippen molar-refractivity contribution in [1.29, 1.82) is 10.5 Å². The number of para-hydroxylation sites is 1. The Hall–Kier alpha value is -7.45. The lowest BCUT2D eigenvalue weighted by Crippen LogP contribution is -2.32. The monoisotopic (exact) mass is 730 g/mol. The Bertz CT molecular complexity index is 3330. The van der Waals surface area contributed by atoms with Gasteiger partial charge in [-0.3, -0.25) is 9.97 Å². The van der Waals surface area contributed by atoms with Crippen LogP contribution in [-0.4, -0.2) is 19.1 Å². The molecule has 0 saturated carbocycles. The molecule has 0 atom stereocenters. The summed E-state index contributed by atoms with van der Waals surface area (Å²) in [5, 5.41) is 23.7. The molecule has 6 aromatic carbocycles. The van der Waals surface area contributed by atoms with E-state index in [1.807, 2.05) is 72.7 Å². The van der Waals surface area contributed by atoms with Crippen molar-refractivity contribution in [2.24, 2.45) is 0 Å². The molecule has 7 heteroatoms. The zero-order valence-electron chi connectivity index (χ0n) is 29.6. The zero-order valence-corrected chi connectivity index (χ0v) is 30.4. The second-order valence-electron chi connectivity index (χ2n) is 14.4. The fraction of sp³-hybridized carbons (Fsp3) is 0.0204. The van der Waals surface area contributed by atoms with Gasteiger partial charge in [-0.25, -0.2) is 0 Å². The first-order valence-corrected chi connectivity index (χ1v) is 19.2. The maximum Gasteiger partial charge on any atom is 0.0991 e. The smallest absolute Gasteiger partial charge is 0.0991 e. The zero-order chi connectivity index (χ0) is 37.1. The van der Waals surface area contributed by atoms with Crippen LogP contribution in [0.1, 0.15) is 33.4 Å². The quantitative estimate of drug-likeness (QED) is 0.177. The summed E-state index contributed by atoms with van der Waals surface area (Å²) in [6.07, 6.45) is 3.74. The van der Waals surface area contributed by atoms with Crippen LogP contribution >= 0.6 is 11.8 Å². The number of nitriles is 2. The molecular formula is C49H26N6S. The number of benzene rings is 6.